The van der Waals surface area contributed by atoms with Crippen molar-refractivity contribution in [1.29, 1.82) is 0 Å². The molecular formula is C13H15N3. The minimum absolute atomic E-state index is 0.130. The summed E-state index contributed by atoms with van der Waals surface area (Å²) >= 11 is 0. The molecule has 2 aromatic rings. The molecule has 0 aliphatic rings. The van der Waals surface area contributed by atoms with Gasteiger partial charge in [-0.2, -0.15) is 10.2 Å². The van der Waals surface area contributed by atoms with Crippen LogP contribution in [0.5, 0.6) is 0 Å². The highest BCUT2D eigenvalue weighted by atomic mass is 15.1. The van der Waals surface area contributed by atoms with Crippen LogP contribution in [0, 0.1) is 13.8 Å². The molecule has 0 saturated heterocycles. The lowest BCUT2D eigenvalue weighted by Crippen LogP contribution is -2.12. The normalized spacial score (nSPS) is 12.4. The fourth-order valence-corrected chi connectivity index (χ4v) is 1.64. The number of nitrogens with zero attached hydrogens (tertiary/aromatic N) is 2. The van der Waals surface area contributed by atoms with Crippen LogP contribution in [-0.2, 0) is 0 Å². The van der Waals surface area contributed by atoms with Crippen LogP contribution in [0.4, 0.5) is 0 Å². The first-order chi connectivity index (χ1) is 7.68. The van der Waals surface area contributed by atoms with E-state index in [9.17, 15) is 0 Å². The summed E-state index contributed by atoms with van der Waals surface area (Å²) in [5.41, 5.74) is 10.8. The molecule has 2 N–H and O–H groups in total. The van der Waals surface area contributed by atoms with Crippen molar-refractivity contribution in [2.24, 2.45) is 5.73 Å². The monoisotopic (exact) mass is 213 g/mol. The zero-order valence-corrected chi connectivity index (χ0v) is 9.51. The SMILES string of the molecule is Cc1ccc(C(N)c2ccnnc2)cc1C. The molecule has 0 radical (unpaired) electrons. The Kier molecular flexibility index (Phi) is 2.97. The lowest BCUT2D eigenvalue weighted by molar-refractivity contribution is 0.844. The second-order valence-corrected chi connectivity index (χ2v) is 4.00. The van der Waals surface area contributed by atoms with E-state index in [0.717, 1.165) is 11.1 Å². The van der Waals surface area contributed by atoms with E-state index >= 15 is 0 Å². The zero-order valence-electron chi connectivity index (χ0n) is 9.51. The van der Waals surface area contributed by atoms with Crippen molar-refractivity contribution < 1.29 is 0 Å². The van der Waals surface area contributed by atoms with E-state index in [1.807, 2.05) is 6.07 Å². The molecule has 1 atom stereocenters. The molecule has 0 aliphatic carbocycles. The molecular weight excluding hydrogens is 198 g/mol. The smallest absolute Gasteiger partial charge is 0.0568 e. The van der Waals surface area contributed by atoms with Gasteiger partial charge < -0.3 is 5.73 Å². The second-order valence-electron chi connectivity index (χ2n) is 4.00. The first-order valence-corrected chi connectivity index (χ1v) is 5.28. The van der Waals surface area contributed by atoms with Crippen LogP contribution in [0.25, 0.3) is 0 Å². The molecule has 1 unspecified atom stereocenters. The van der Waals surface area contributed by atoms with Gasteiger partial charge in [0.15, 0.2) is 0 Å². The summed E-state index contributed by atoms with van der Waals surface area (Å²) in [5, 5.41) is 7.59. The van der Waals surface area contributed by atoms with Crippen molar-refractivity contribution in [3.63, 3.8) is 0 Å². The summed E-state index contributed by atoms with van der Waals surface area (Å²) < 4.78 is 0. The first kappa shape index (κ1) is 10.8. The van der Waals surface area contributed by atoms with E-state index in [1.54, 1.807) is 12.4 Å². The maximum Gasteiger partial charge on any atom is 0.0568 e. The van der Waals surface area contributed by atoms with E-state index in [0.29, 0.717) is 0 Å². The Morgan fingerprint density at radius 1 is 1.00 bits per heavy atom. The summed E-state index contributed by atoms with van der Waals surface area (Å²) in [6, 6.07) is 8.05. The van der Waals surface area contributed by atoms with Crippen LogP contribution in [-0.4, -0.2) is 10.2 Å². The van der Waals surface area contributed by atoms with Crippen LogP contribution in [0.2, 0.25) is 0 Å². The van der Waals surface area contributed by atoms with Crippen molar-refractivity contribution in [2.45, 2.75) is 19.9 Å². The third kappa shape index (κ3) is 2.09. The molecule has 0 amide bonds. The molecule has 0 fully saturated rings. The molecule has 2 rings (SSSR count). The molecule has 82 valence electrons. The Balaban J connectivity index is 2.34. The van der Waals surface area contributed by atoms with Gasteiger partial charge in [-0.1, -0.05) is 18.2 Å². The van der Waals surface area contributed by atoms with E-state index in [2.05, 4.69) is 42.2 Å². The Hall–Kier alpha value is -1.74. The summed E-state index contributed by atoms with van der Waals surface area (Å²) in [5.74, 6) is 0. The topological polar surface area (TPSA) is 51.8 Å². The van der Waals surface area contributed by atoms with E-state index in [-0.39, 0.29) is 6.04 Å². The maximum atomic E-state index is 6.17. The minimum atomic E-state index is -0.130. The molecule has 1 aromatic heterocycles. The average Bonchev–Trinajstić information content (AvgIpc) is 2.33. The van der Waals surface area contributed by atoms with Crippen LogP contribution in [0.1, 0.15) is 28.3 Å². The third-order valence-electron chi connectivity index (χ3n) is 2.86. The van der Waals surface area contributed by atoms with Gasteiger partial charge in [0.1, 0.15) is 0 Å². The largest absolute Gasteiger partial charge is 0.320 e. The standard InChI is InChI=1S/C13H15N3/c1-9-3-4-11(7-10(9)2)13(14)12-5-6-15-16-8-12/h3-8,13H,14H2,1-2H3. The molecule has 3 nitrogen and oxygen atoms in total. The quantitative estimate of drug-likeness (QED) is 0.831. The van der Waals surface area contributed by atoms with Gasteiger partial charge in [0.05, 0.1) is 12.2 Å². The van der Waals surface area contributed by atoms with Crippen molar-refractivity contribution in [2.75, 3.05) is 0 Å². The second kappa shape index (κ2) is 4.41. The summed E-state index contributed by atoms with van der Waals surface area (Å²) in [4.78, 5) is 0. The van der Waals surface area contributed by atoms with Gasteiger partial charge in [-0.05, 0) is 42.2 Å². The zero-order chi connectivity index (χ0) is 11.5. The van der Waals surface area contributed by atoms with E-state index in [4.69, 9.17) is 5.73 Å². The van der Waals surface area contributed by atoms with Crippen molar-refractivity contribution >= 4 is 0 Å². The number of aryl methyl sites for hydroxylation is 2. The molecule has 0 saturated carbocycles. The maximum absolute atomic E-state index is 6.17. The molecule has 1 aromatic carbocycles. The van der Waals surface area contributed by atoms with Gasteiger partial charge in [-0.3, -0.25) is 0 Å². The minimum Gasteiger partial charge on any atom is -0.320 e. The lowest BCUT2D eigenvalue weighted by Gasteiger charge is -2.13. The lowest BCUT2D eigenvalue weighted by atomic mass is 9.98. The van der Waals surface area contributed by atoms with Crippen LogP contribution in [0.15, 0.2) is 36.7 Å². The Bertz CT molecular complexity index is 480. The van der Waals surface area contributed by atoms with Crippen LogP contribution in [0.3, 0.4) is 0 Å². The number of rotatable bonds is 2. The van der Waals surface area contributed by atoms with Crippen molar-refractivity contribution in [3.8, 4) is 0 Å². The van der Waals surface area contributed by atoms with Gasteiger partial charge in [-0.25, -0.2) is 0 Å². The summed E-state index contributed by atoms with van der Waals surface area (Å²) in [6.45, 7) is 4.19. The highest BCUT2D eigenvalue weighted by molar-refractivity contribution is 5.35. The van der Waals surface area contributed by atoms with Gasteiger partial charge in [0.2, 0.25) is 0 Å². The molecule has 1 heterocycles. The number of aromatic nitrogens is 2. The molecule has 3 heteroatoms. The summed E-state index contributed by atoms with van der Waals surface area (Å²) in [6.07, 6.45) is 3.37. The predicted molar refractivity (Wildman–Crippen MR) is 64.0 cm³/mol. The van der Waals surface area contributed by atoms with Gasteiger partial charge in [0, 0.05) is 6.20 Å². The molecule has 0 aliphatic heterocycles. The van der Waals surface area contributed by atoms with Gasteiger partial charge >= 0.3 is 0 Å². The number of nitrogens with two attached hydrogens (primary N) is 1. The fourth-order valence-electron chi connectivity index (χ4n) is 1.64. The molecule has 16 heavy (non-hydrogen) atoms. The highest BCUT2D eigenvalue weighted by Crippen LogP contribution is 2.20. The van der Waals surface area contributed by atoms with Crippen LogP contribution < -0.4 is 5.73 Å². The van der Waals surface area contributed by atoms with Crippen molar-refractivity contribution in [3.05, 3.63) is 58.9 Å². The highest BCUT2D eigenvalue weighted by Gasteiger charge is 2.09. The fraction of sp³-hybridized carbons (Fsp3) is 0.231. The van der Waals surface area contributed by atoms with Gasteiger partial charge in [-0.15, -0.1) is 0 Å². The molecule has 0 bridgehead atoms. The third-order valence-corrected chi connectivity index (χ3v) is 2.86. The molecule has 0 spiro atoms. The number of hydrogen-bond donors (Lipinski definition) is 1. The van der Waals surface area contributed by atoms with E-state index in [1.165, 1.54) is 11.1 Å². The Morgan fingerprint density at radius 2 is 1.81 bits per heavy atom. The average molecular weight is 213 g/mol. The number of hydrogen-bond acceptors (Lipinski definition) is 3. The van der Waals surface area contributed by atoms with Crippen LogP contribution >= 0.6 is 0 Å². The number of benzene rings is 1. The van der Waals surface area contributed by atoms with E-state index < -0.39 is 0 Å². The summed E-state index contributed by atoms with van der Waals surface area (Å²) in [7, 11) is 0. The first-order valence-electron chi connectivity index (χ1n) is 5.28. The van der Waals surface area contributed by atoms with Crippen molar-refractivity contribution in [1.82, 2.24) is 10.2 Å². The Morgan fingerprint density at radius 3 is 2.44 bits per heavy atom. The Labute approximate surface area is 95.3 Å². The predicted octanol–water partition coefficient (Wildman–Crippen LogP) is 2.14. The van der Waals surface area contributed by atoms with Gasteiger partial charge in [0.25, 0.3) is 0 Å².